The Balaban J connectivity index is 5.33. The molecule has 0 aliphatic rings. The predicted molar refractivity (Wildman–Crippen MR) is 251 cm³/mol. The average Bonchev–Trinajstić information content (AvgIpc) is 3.22. The number of ether oxygens (including phenoxy) is 6. The van der Waals surface area contributed by atoms with Crippen LogP contribution in [0.3, 0.4) is 0 Å². The van der Waals surface area contributed by atoms with Gasteiger partial charge in [-0.3, -0.25) is 28.8 Å². The zero-order valence-corrected chi connectivity index (χ0v) is 42.9. The maximum atomic E-state index is 13.0. The molecule has 0 aliphatic carbocycles. The van der Waals surface area contributed by atoms with E-state index >= 15 is 0 Å². The smallest absolute Gasteiger partial charge is 0.311 e. The summed E-state index contributed by atoms with van der Waals surface area (Å²) in [6.07, 6.45) is 13.6. The first-order valence-corrected chi connectivity index (χ1v) is 24.7. The lowest BCUT2D eigenvalue weighted by Crippen LogP contribution is -2.36. The summed E-state index contributed by atoms with van der Waals surface area (Å²) in [6, 6.07) is 0. The molecule has 0 aromatic rings. The van der Waals surface area contributed by atoms with Gasteiger partial charge in [-0.05, 0) is 114 Å². The highest BCUT2D eigenvalue weighted by Gasteiger charge is 2.34. The van der Waals surface area contributed by atoms with Crippen molar-refractivity contribution in [1.82, 2.24) is 4.90 Å². The summed E-state index contributed by atoms with van der Waals surface area (Å²) in [7, 11) is 1.88. The van der Waals surface area contributed by atoms with Gasteiger partial charge in [-0.15, -0.1) is 0 Å². The second-order valence-corrected chi connectivity index (χ2v) is 20.5. The van der Waals surface area contributed by atoms with E-state index < -0.39 is 69.7 Å². The van der Waals surface area contributed by atoms with Crippen LogP contribution in [0, 0.1) is 21.7 Å². The molecule has 0 atom stereocenters. The van der Waals surface area contributed by atoms with Crippen LogP contribution in [-0.4, -0.2) is 99.5 Å². The molecular weight excluding hydrogens is 819 g/mol. The Morgan fingerprint density at radius 2 is 0.625 bits per heavy atom. The Kier molecular flexibility index (Phi) is 30.8. The van der Waals surface area contributed by atoms with Crippen LogP contribution >= 0.6 is 0 Å². The molecule has 0 spiro atoms. The zero-order chi connectivity index (χ0) is 48.8. The number of esters is 6. The zero-order valence-electron chi connectivity index (χ0n) is 42.9. The molecule has 0 bridgehead atoms. The third-order valence-electron chi connectivity index (χ3n) is 11.9. The quantitative estimate of drug-likeness (QED) is 0.0327. The molecule has 0 saturated carbocycles. The van der Waals surface area contributed by atoms with Gasteiger partial charge in [0.25, 0.3) is 0 Å². The Hall–Kier alpha value is -3.22. The number of unbranched alkanes of at least 4 members (excludes halogenated alkanes) is 8. The topological polar surface area (TPSA) is 161 Å². The molecule has 64 heavy (non-hydrogen) atoms. The molecule has 0 radical (unpaired) electrons. The summed E-state index contributed by atoms with van der Waals surface area (Å²) in [5.74, 6) is -2.56. The van der Waals surface area contributed by atoms with E-state index in [-0.39, 0.29) is 39.3 Å². The van der Waals surface area contributed by atoms with E-state index in [1.165, 1.54) is 0 Å². The fraction of sp³-hybridized carbons (Fsp3) is 0.882. The summed E-state index contributed by atoms with van der Waals surface area (Å²) < 4.78 is 34.0. The van der Waals surface area contributed by atoms with Crippen molar-refractivity contribution in [1.29, 1.82) is 0 Å². The van der Waals surface area contributed by atoms with Gasteiger partial charge < -0.3 is 33.3 Å². The van der Waals surface area contributed by atoms with Gasteiger partial charge >= 0.3 is 35.8 Å². The van der Waals surface area contributed by atoms with Crippen LogP contribution in [0.5, 0.6) is 0 Å². The third kappa shape index (κ3) is 27.3. The van der Waals surface area contributed by atoms with Crippen molar-refractivity contribution < 1.29 is 57.2 Å². The minimum absolute atomic E-state index is 0.0831. The second kappa shape index (κ2) is 32.5. The molecular formula is C51H93NO12. The van der Waals surface area contributed by atoms with E-state index in [2.05, 4.69) is 27.7 Å². The molecule has 0 heterocycles. The van der Waals surface area contributed by atoms with Crippen molar-refractivity contribution in [2.24, 2.45) is 21.7 Å². The first-order valence-electron chi connectivity index (χ1n) is 24.7. The van der Waals surface area contributed by atoms with Crippen LogP contribution in [0.15, 0.2) is 0 Å². The Labute approximate surface area is 388 Å². The van der Waals surface area contributed by atoms with Gasteiger partial charge in [0, 0.05) is 12.8 Å². The van der Waals surface area contributed by atoms with E-state index in [1.807, 2.05) is 67.3 Å². The van der Waals surface area contributed by atoms with Gasteiger partial charge in [-0.25, -0.2) is 0 Å². The monoisotopic (exact) mass is 912 g/mol. The first kappa shape index (κ1) is 60.8. The molecule has 0 aliphatic heterocycles. The van der Waals surface area contributed by atoms with E-state index in [9.17, 15) is 28.8 Å². The predicted octanol–water partition coefficient (Wildman–Crippen LogP) is 10.9. The highest BCUT2D eigenvalue weighted by atomic mass is 16.6. The SMILES string of the molecule is CCCCCC(C)(C)C(=O)OCC(COC(=O)C(C)(C)CCCCC)OC(=O)CCCN(C)CCCC(=O)OC(COC(=O)C(C)(C)CCCCC)COC(=O)C(C)(C)CCCCC. The van der Waals surface area contributed by atoms with Gasteiger partial charge in [0.2, 0.25) is 0 Å². The van der Waals surface area contributed by atoms with E-state index in [0.717, 1.165) is 77.0 Å². The molecule has 0 amide bonds. The molecule has 13 heteroatoms. The van der Waals surface area contributed by atoms with E-state index in [4.69, 9.17) is 28.4 Å². The summed E-state index contributed by atoms with van der Waals surface area (Å²) in [6.45, 7) is 23.3. The number of hydrogen-bond donors (Lipinski definition) is 0. The highest BCUT2D eigenvalue weighted by molar-refractivity contribution is 5.77. The van der Waals surface area contributed by atoms with Crippen LogP contribution in [0.1, 0.15) is 212 Å². The number of hydrogen-bond acceptors (Lipinski definition) is 13. The summed E-state index contributed by atoms with van der Waals surface area (Å²) in [5, 5.41) is 0. The standard InChI is InChI=1S/C51H93NO12/c1-14-18-22-30-48(5,6)44(55)59-36-40(37-60-45(56)49(7,8)31-23-19-15-2)63-42(53)28-26-34-52(13)35-27-29-43(54)64-41(38-61-46(57)50(9,10)32-24-20-16-3)39-62-47(58)51(11,12)33-25-21-17-4/h40-41H,14-39H2,1-13H3. The van der Waals surface area contributed by atoms with Crippen LogP contribution in [0.25, 0.3) is 0 Å². The lowest BCUT2D eigenvalue weighted by atomic mass is 9.87. The molecule has 13 nitrogen and oxygen atoms in total. The van der Waals surface area contributed by atoms with Gasteiger partial charge in [-0.1, -0.05) is 105 Å². The number of rotatable bonds is 38. The number of carbonyl (C=O) groups excluding carboxylic acids is 6. The minimum Gasteiger partial charge on any atom is -0.461 e. The van der Waals surface area contributed by atoms with Crippen molar-refractivity contribution in [3.05, 3.63) is 0 Å². The maximum absolute atomic E-state index is 13.0. The lowest BCUT2D eigenvalue weighted by molar-refractivity contribution is -0.173. The first-order chi connectivity index (χ1) is 30.0. The summed E-state index contributed by atoms with van der Waals surface area (Å²) in [4.78, 5) is 80.2. The lowest BCUT2D eigenvalue weighted by Gasteiger charge is -2.26. The maximum Gasteiger partial charge on any atom is 0.311 e. The van der Waals surface area contributed by atoms with Gasteiger partial charge in [0.15, 0.2) is 12.2 Å². The van der Waals surface area contributed by atoms with E-state index in [1.54, 1.807) is 0 Å². The van der Waals surface area contributed by atoms with Crippen LogP contribution < -0.4 is 0 Å². The largest absolute Gasteiger partial charge is 0.461 e. The van der Waals surface area contributed by atoms with Crippen molar-refractivity contribution in [2.75, 3.05) is 46.6 Å². The summed E-state index contributed by atoms with van der Waals surface area (Å²) >= 11 is 0. The van der Waals surface area contributed by atoms with Crippen molar-refractivity contribution in [2.45, 2.75) is 224 Å². The van der Waals surface area contributed by atoms with Crippen LogP contribution in [0.2, 0.25) is 0 Å². The van der Waals surface area contributed by atoms with Crippen LogP contribution in [0.4, 0.5) is 0 Å². The molecule has 374 valence electrons. The minimum atomic E-state index is -0.951. The van der Waals surface area contributed by atoms with Crippen molar-refractivity contribution in [3.8, 4) is 0 Å². The van der Waals surface area contributed by atoms with Crippen molar-refractivity contribution >= 4 is 35.8 Å². The Morgan fingerprint density at radius 3 is 0.844 bits per heavy atom. The number of nitrogens with zero attached hydrogens (tertiary/aromatic N) is 1. The molecule has 0 aromatic carbocycles. The summed E-state index contributed by atoms with van der Waals surface area (Å²) in [5.41, 5.74) is -2.82. The van der Waals surface area contributed by atoms with E-state index in [0.29, 0.717) is 51.6 Å². The Bertz CT molecular complexity index is 1180. The third-order valence-corrected chi connectivity index (χ3v) is 11.9. The molecule has 0 fully saturated rings. The van der Waals surface area contributed by atoms with Gasteiger partial charge in [-0.2, -0.15) is 0 Å². The molecule has 0 aromatic heterocycles. The second-order valence-electron chi connectivity index (χ2n) is 20.5. The number of carbonyl (C=O) groups is 6. The molecule has 0 unspecified atom stereocenters. The fourth-order valence-corrected chi connectivity index (χ4v) is 6.95. The highest BCUT2D eigenvalue weighted by Crippen LogP contribution is 2.29. The van der Waals surface area contributed by atoms with Crippen LogP contribution in [-0.2, 0) is 57.2 Å². The van der Waals surface area contributed by atoms with Crippen molar-refractivity contribution in [3.63, 3.8) is 0 Å². The van der Waals surface area contributed by atoms with Gasteiger partial charge in [0.05, 0.1) is 21.7 Å². The Morgan fingerprint density at radius 1 is 0.391 bits per heavy atom. The average molecular weight is 912 g/mol. The molecule has 0 N–H and O–H groups in total. The molecule has 0 saturated heterocycles. The normalized spacial score (nSPS) is 12.4. The fourth-order valence-electron chi connectivity index (χ4n) is 6.95. The molecule has 0 rings (SSSR count). The van der Waals surface area contributed by atoms with Gasteiger partial charge in [0.1, 0.15) is 26.4 Å².